The molecule has 19 heavy (non-hydrogen) atoms. The average Bonchev–Trinajstić information content (AvgIpc) is 2.39. The van der Waals surface area contributed by atoms with Crippen LogP contribution in [0.1, 0.15) is 39.0 Å². The third kappa shape index (κ3) is 5.64. The number of hydrogen-bond acceptors (Lipinski definition) is 3. The molecule has 0 spiro atoms. The van der Waals surface area contributed by atoms with Crippen molar-refractivity contribution in [1.82, 2.24) is 0 Å². The molecule has 1 fully saturated rings. The standard InChI is InChI=1S/C9H16O2.C6H6O2/c1-7(9(10)11)8-5-3-2-4-6-8;7-5-2-1-3-6(8)4-5/h7-8H,2-6H2,1H3,(H,10,11);1-4,7-8H. The average molecular weight is 266 g/mol. The van der Waals surface area contributed by atoms with Gasteiger partial charge in [0.2, 0.25) is 0 Å². The van der Waals surface area contributed by atoms with Crippen molar-refractivity contribution >= 4 is 5.97 Å². The lowest BCUT2D eigenvalue weighted by atomic mass is 9.81. The van der Waals surface area contributed by atoms with E-state index in [1.54, 1.807) is 6.07 Å². The van der Waals surface area contributed by atoms with E-state index in [0.717, 1.165) is 12.8 Å². The fourth-order valence-electron chi connectivity index (χ4n) is 2.33. The molecule has 0 amide bonds. The summed E-state index contributed by atoms with van der Waals surface area (Å²) >= 11 is 0. The highest BCUT2D eigenvalue weighted by Crippen LogP contribution is 2.29. The highest BCUT2D eigenvalue weighted by molar-refractivity contribution is 5.69. The number of aromatic hydroxyl groups is 2. The van der Waals surface area contributed by atoms with Crippen molar-refractivity contribution in [3.05, 3.63) is 24.3 Å². The Morgan fingerprint density at radius 1 is 1.16 bits per heavy atom. The molecular weight excluding hydrogens is 244 g/mol. The van der Waals surface area contributed by atoms with Crippen LogP contribution in [0.3, 0.4) is 0 Å². The number of phenolic OH excluding ortho intramolecular Hbond substituents is 2. The number of benzene rings is 1. The summed E-state index contributed by atoms with van der Waals surface area (Å²) in [5.74, 6) is -0.136. The Morgan fingerprint density at radius 3 is 2.05 bits per heavy atom. The van der Waals surface area contributed by atoms with E-state index in [4.69, 9.17) is 15.3 Å². The minimum absolute atomic E-state index is 0.0880. The second-order valence-electron chi connectivity index (χ2n) is 5.04. The molecule has 3 N–H and O–H groups in total. The first-order valence-electron chi connectivity index (χ1n) is 6.71. The molecule has 106 valence electrons. The first kappa shape index (κ1) is 15.3. The number of phenols is 2. The van der Waals surface area contributed by atoms with E-state index in [-0.39, 0.29) is 17.4 Å². The molecule has 1 unspecified atom stereocenters. The van der Waals surface area contributed by atoms with Crippen LogP contribution in [-0.2, 0) is 4.79 Å². The highest BCUT2D eigenvalue weighted by atomic mass is 16.4. The molecular formula is C15H22O4. The van der Waals surface area contributed by atoms with Crippen LogP contribution in [0.4, 0.5) is 0 Å². The molecule has 1 aliphatic rings. The van der Waals surface area contributed by atoms with Crippen molar-refractivity contribution in [2.24, 2.45) is 11.8 Å². The van der Waals surface area contributed by atoms with Gasteiger partial charge in [0.15, 0.2) is 0 Å². The normalized spacial score (nSPS) is 17.1. The largest absolute Gasteiger partial charge is 0.508 e. The Balaban J connectivity index is 0.000000200. The molecule has 0 heterocycles. The maximum Gasteiger partial charge on any atom is 0.306 e. The third-order valence-corrected chi connectivity index (χ3v) is 3.58. The highest BCUT2D eigenvalue weighted by Gasteiger charge is 2.24. The smallest absolute Gasteiger partial charge is 0.306 e. The first-order chi connectivity index (χ1) is 9.00. The number of carboxylic acid groups (broad SMARTS) is 1. The Labute approximate surface area is 113 Å². The number of carboxylic acids is 1. The van der Waals surface area contributed by atoms with Crippen molar-refractivity contribution < 1.29 is 20.1 Å². The molecule has 1 saturated carbocycles. The molecule has 0 radical (unpaired) electrons. The molecule has 0 bridgehead atoms. The minimum Gasteiger partial charge on any atom is -0.508 e. The van der Waals surface area contributed by atoms with Crippen molar-refractivity contribution in [3.8, 4) is 11.5 Å². The van der Waals surface area contributed by atoms with Crippen molar-refractivity contribution in [3.63, 3.8) is 0 Å². The molecule has 1 aromatic carbocycles. The number of hydrogen-bond donors (Lipinski definition) is 3. The zero-order valence-electron chi connectivity index (χ0n) is 11.2. The van der Waals surface area contributed by atoms with E-state index in [1.807, 2.05) is 6.92 Å². The summed E-state index contributed by atoms with van der Waals surface area (Å²) in [4.78, 5) is 10.6. The van der Waals surface area contributed by atoms with Crippen LogP contribution in [0.2, 0.25) is 0 Å². The second kappa shape index (κ2) is 7.67. The van der Waals surface area contributed by atoms with Crippen LogP contribution in [0, 0.1) is 11.8 Å². The molecule has 4 nitrogen and oxygen atoms in total. The van der Waals surface area contributed by atoms with Gasteiger partial charge in [-0.2, -0.15) is 0 Å². The van der Waals surface area contributed by atoms with Crippen LogP contribution < -0.4 is 0 Å². The summed E-state index contributed by atoms with van der Waals surface area (Å²) in [7, 11) is 0. The minimum atomic E-state index is -0.628. The number of aliphatic carboxylic acids is 1. The van der Waals surface area contributed by atoms with Gasteiger partial charge >= 0.3 is 5.97 Å². The summed E-state index contributed by atoms with van der Waals surface area (Å²) in [5.41, 5.74) is 0. The van der Waals surface area contributed by atoms with Gasteiger partial charge in [-0.05, 0) is 30.9 Å². The Hall–Kier alpha value is -1.71. The monoisotopic (exact) mass is 266 g/mol. The van der Waals surface area contributed by atoms with Gasteiger partial charge in [0.25, 0.3) is 0 Å². The van der Waals surface area contributed by atoms with Crippen molar-refractivity contribution in [2.75, 3.05) is 0 Å². The quantitative estimate of drug-likeness (QED) is 0.766. The zero-order valence-corrected chi connectivity index (χ0v) is 11.2. The van der Waals surface area contributed by atoms with E-state index in [2.05, 4.69) is 0 Å². The Kier molecular flexibility index (Phi) is 6.19. The lowest BCUT2D eigenvalue weighted by Gasteiger charge is -2.24. The number of carbonyl (C=O) groups is 1. The van der Waals surface area contributed by atoms with Gasteiger partial charge in [-0.3, -0.25) is 4.79 Å². The van der Waals surface area contributed by atoms with Gasteiger partial charge in [-0.15, -0.1) is 0 Å². The van der Waals surface area contributed by atoms with Crippen molar-refractivity contribution in [1.29, 1.82) is 0 Å². The third-order valence-electron chi connectivity index (χ3n) is 3.58. The van der Waals surface area contributed by atoms with Crippen LogP contribution in [0.25, 0.3) is 0 Å². The lowest BCUT2D eigenvalue weighted by molar-refractivity contribution is -0.143. The van der Waals surface area contributed by atoms with Gasteiger partial charge < -0.3 is 15.3 Å². The van der Waals surface area contributed by atoms with E-state index in [1.165, 1.54) is 37.5 Å². The lowest BCUT2D eigenvalue weighted by Crippen LogP contribution is -2.22. The SMILES string of the molecule is CC(C(=O)O)C1CCCCC1.Oc1cccc(O)c1. The van der Waals surface area contributed by atoms with E-state index >= 15 is 0 Å². The first-order valence-corrected chi connectivity index (χ1v) is 6.71. The number of rotatable bonds is 2. The second-order valence-corrected chi connectivity index (χ2v) is 5.04. The zero-order chi connectivity index (χ0) is 14.3. The molecule has 0 aromatic heterocycles. The molecule has 0 aliphatic heterocycles. The van der Waals surface area contributed by atoms with Crippen LogP contribution in [0.15, 0.2) is 24.3 Å². The predicted octanol–water partition coefficient (Wildman–Crippen LogP) is 3.39. The molecule has 4 heteroatoms. The predicted molar refractivity (Wildman–Crippen MR) is 73.1 cm³/mol. The van der Waals surface area contributed by atoms with Crippen LogP contribution >= 0.6 is 0 Å². The fraction of sp³-hybridized carbons (Fsp3) is 0.533. The van der Waals surface area contributed by atoms with Gasteiger partial charge in [0.1, 0.15) is 11.5 Å². The van der Waals surface area contributed by atoms with E-state index in [0.29, 0.717) is 5.92 Å². The van der Waals surface area contributed by atoms with Crippen LogP contribution in [-0.4, -0.2) is 21.3 Å². The van der Waals surface area contributed by atoms with Gasteiger partial charge in [0, 0.05) is 6.07 Å². The topological polar surface area (TPSA) is 77.8 Å². The maximum atomic E-state index is 10.6. The Bertz CT molecular complexity index is 380. The summed E-state index contributed by atoms with van der Waals surface area (Å²) in [5, 5.41) is 26.0. The van der Waals surface area contributed by atoms with Crippen molar-refractivity contribution in [2.45, 2.75) is 39.0 Å². The summed E-state index contributed by atoms with van der Waals surface area (Å²) in [6.45, 7) is 1.83. The van der Waals surface area contributed by atoms with Gasteiger partial charge in [0.05, 0.1) is 5.92 Å². The van der Waals surface area contributed by atoms with E-state index in [9.17, 15) is 4.79 Å². The van der Waals surface area contributed by atoms with Gasteiger partial charge in [-0.25, -0.2) is 0 Å². The molecule has 2 rings (SSSR count). The summed E-state index contributed by atoms with van der Waals surface area (Å²) in [6.07, 6.45) is 5.98. The van der Waals surface area contributed by atoms with Gasteiger partial charge in [-0.1, -0.05) is 32.3 Å². The van der Waals surface area contributed by atoms with Crippen LogP contribution in [0.5, 0.6) is 11.5 Å². The van der Waals surface area contributed by atoms with E-state index < -0.39 is 5.97 Å². The molecule has 1 atom stereocenters. The molecule has 0 saturated heterocycles. The summed E-state index contributed by atoms with van der Waals surface area (Å²) in [6, 6.07) is 5.85. The maximum absolute atomic E-state index is 10.6. The fourth-order valence-corrected chi connectivity index (χ4v) is 2.33. The Morgan fingerprint density at radius 2 is 1.68 bits per heavy atom. The summed E-state index contributed by atoms with van der Waals surface area (Å²) < 4.78 is 0. The molecule has 1 aromatic rings. The molecule has 1 aliphatic carbocycles.